The van der Waals surface area contributed by atoms with Crippen molar-refractivity contribution in [1.29, 1.82) is 0 Å². The van der Waals surface area contributed by atoms with Gasteiger partial charge in [0.25, 0.3) is 11.3 Å². The molecule has 0 bridgehead atoms. The zero-order valence-electron chi connectivity index (χ0n) is 15.5. The molecule has 2 N–H and O–H groups in total. The van der Waals surface area contributed by atoms with E-state index in [2.05, 4.69) is 15.0 Å². The summed E-state index contributed by atoms with van der Waals surface area (Å²) >= 11 is 6.35. The molecule has 0 radical (unpaired) electrons. The van der Waals surface area contributed by atoms with E-state index in [1.54, 1.807) is 0 Å². The van der Waals surface area contributed by atoms with Gasteiger partial charge in [0.05, 0.1) is 23.8 Å². The highest BCUT2D eigenvalue weighted by atomic mass is 35.5. The lowest BCUT2D eigenvalue weighted by Crippen LogP contribution is -2.37. The van der Waals surface area contributed by atoms with E-state index in [0.29, 0.717) is 11.6 Å². The third kappa shape index (κ3) is 2.96. The van der Waals surface area contributed by atoms with Crippen molar-refractivity contribution in [2.24, 2.45) is 0 Å². The Morgan fingerprint density at radius 1 is 1.32 bits per heavy atom. The SMILES string of the molecule is CNC(=O)c1nn(CC2(n3ccc4c(Cl)cccc43)CCCC2)cc(O)c1=O. The molecule has 146 valence electrons. The second-order valence-corrected chi connectivity index (χ2v) is 7.67. The summed E-state index contributed by atoms with van der Waals surface area (Å²) in [7, 11) is 1.42. The molecule has 1 fully saturated rings. The highest BCUT2D eigenvalue weighted by Gasteiger charge is 2.37. The first-order valence-electron chi connectivity index (χ1n) is 9.24. The summed E-state index contributed by atoms with van der Waals surface area (Å²) in [5.41, 5.74) is -0.322. The van der Waals surface area contributed by atoms with E-state index in [1.165, 1.54) is 17.9 Å². The number of hydrogen-bond donors (Lipinski definition) is 2. The van der Waals surface area contributed by atoms with Crippen LogP contribution in [0.1, 0.15) is 36.2 Å². The number of amides is 1. The number of aromatic nitrogens is 3. The number of benzene rings is 1. The average Bonchev–Trinajstić information content (AvgIpc) is 3.32. The van der Waals surface area contributed by atoms with E-state index in [0.717, 1.165) is 36.6 Å². The maximum absolute atomic E-state index is 12.1. The Hall–Kier alpha value is -2.80. The smallest absolute Gasteiger partial charge is 0.275 e. The minimum Gasteiger partial charge on any atom is -0.503 e. The standard InChI is InChI=1S/C20H21ClN4O3/c1-22-19(28)17-18(27)16(26)11-24(23-17)12-20(8-2-3-9-20)25-10-7-13-14(21)5-4-6-15(13)25/h4-7,10-11,26H,2-3,8-9,12H2,1H3,(H,22,28). The van der Waals surface area contributed by atoms with Gasteiger partial charge in [0, 0.05) is 23.7 Å². The van der Waals surface area contributed by atoms with Crippen LogP contribution < -0.4 is 10.7 Å². The number of nitrogens with zero attached hydrogens (tertiary/aromatic N) is 3. The number of nitrogens with one attached hydrogen (secondary N) is 1. The molecule has 0 unspecified atom stereocenters. The molecule has 1 aliphatic rings. The summed E-state index contributed by atoms with van der Waals surface area (Å²) < 4.78 is 3.72. The van der Waals surface area contributed by atoms with Crippen LogP contribution in [0.25, 0.3) is 10.9 Å². The van der Waals surface area contributed by atoms with Gasteiger partial charge in [0.15, 0.2) is 11.4 Å². The molecule has 0 saturated heterocycles. The van der Waals surface area contributed by atoms with E-state index in [9.17, 15) is 14.7 Å². The maximum atomic E-state index is 12.1. The van der Waals surface area contributed by atoms with Gasteiger partial charge in [-0.05, 0) is 31.0 Å². The number of fused-ring (bicyclic) bond motifs is 1. The van der Waals surface area contributed by atoms with E-state index in [1.807, 2.05) is 30.5 Å². The molecular formula is C20H21ClN4O3. The van der Waals surface area contributed by atoms with Gasteiger partial charge in [-0.2, -0.15) is 5.10 Å². The predicted molar refractivity (Wildman–Crippen MR) is 107 cm³/mol. The van der Waals surface area contributed by atoms with Crippen molar-refractivity contribution in [3.63, 3.8) is 0 Å². The molecule has 4 rings (SSSR count). The summed E-state index contributed by atoms with van der Waals surface area (Å²) in [6.07, 6.45) is 7.31. The largest absolute Gasteiger partial charge is 0.503 e. The number of hydrogen-bond acceptors (Lipinski definition) is 4. The molecular weight excluding hydrogens is 380 g/mol. The number of rotatable bonds is 4. The molecule has 1 aliphatic carbocycles. The van der Waals surface area contributed by atoms with Crippen molar-refractivity contribution in [1.82, 2.24) is 19.7 Å². The number of carbonyl (C=O) groups excluding carboxylic acids is 1. The Morgan fingerprint density at radius 3 is 2.79 bits per heavy atom. The Morgan fingerprint density at radius 2 is 2.07 bits per heavy atom. The van der Waals surface area contributed by atoms with Crippen molar-refractivity contribution >= 4 is 28.4 Å². The summed E-state index contributed by atoms with van der Waals surface area (Å²) in [4.78, 5) is 24.1. The lowest BCUT2D eigenvalue weighted by Gasteiger charge is -2.32. The molecule has 1 aromatic carbocycles. The summed E-state index contributed by atoms with van der Waals surface area (Å²) in [5, 5.41) is 18.3. The van der Waals surface area contributed by atoms with E-state index >= 15 is 0 Å². The first-order chi connectivity index (χ1) is 13.4. The summed E-state index contributed by atoms with van der Waals surface area (Å²) in [6, 6.07) is 7.83. The van der Waals surface area contributed by atoms with Gasteiger partial charge >= 0.3 is 0 Å². The first-order valence-corrected chi connectivity index (χ1v) is 9.62. The summed E-state index contributed by atoms with van der Waals surface area (Å²) in [6.45, 7) is 0.432. The number of halogens is 1. The fourth-order valence-corrected chi connectivity index (χ4v) is 4.46. The zero-order chi connectivity index (χ0) is 19.9. The number of aromatic hydroxyl groups is 1. The molecule has 1 saturated carbocycles. The topological polar surface area (TPSA) is 89.2 Å². The maximum Gasteiger partial charge on any atom is 0.275 e. The molecule has 0 spiro atoms. The minimum absolute atomic E-state index is 0.277. The molecule has 28 heavy (non-hydrogen) atoms. The van der Waals surface area contributed by atoms with Crippen LogP contribution in [0.2, 0.25) is 5.02 Å². The van der Waals surface area contributed by atoms with Crippen LogP contribution in [0.4, 0.5) is 0 Å². The highest BCUT2D eigenvalue weighted by Crippen LogP contribution is 2.41. The van der Waals surface area contributed by atoms with Crippen LogP contribution in [0, 0.1) is 0 Å². The van der Waals surface area contributed by atoms with Gasteiger partial charge in [0.1, 0.15) is 0 Å². The van der Waals surface area contributed by atoms with E-state index < -0.39 is 17.1 Å². The second-order valence-electron chi connectivity index (χ2n) is 7.26. The zero-order valence-corrected chi connectivity index (χ0v) is 16.2. The van der Waals surface area contributed by atoms with Crippen molar-refractivity contribution in [3.8, 4) is 5.75 Å². The lowest BCUT2D eigenvalue weighted by atomic mass is 9.96. The average molecular weight is 401 g/mol. The van der Waals surface area contributed by atoms with Gasteiger partial charge in [-0.1, -0.05) is 30.5 Å². The summed E-state index contributed by atoms with van der Waals surface area (Å²) in [5.74, 6) is -1.10. The predicted octanol–water partition coefficient (Wildman–Crippen LogP) is 2.89. The van der Waals surface area contributed by atoms with E-state index in [4.69, 9.17) is 11.6 Å². The van der Waals surface area contributed by atoms with Crippen LogP contribution in [-0.4, -0.2) is 32.4 Å². The Kier molecular flexibility index (Phi) is 4.63. The molecule has 0 atom stereocenters. The molecule has 0 aliphatic heterocycles. The first kappa shape index (κ1) is 18.6. The minimum atomic E-state index is -0.769. The van der Waals surface area contributed by atoms with Crippen LogP contribution in [0.3, 0.4) is 0 Å². The quantitative estimate of drug-likeness (QED) is 0.704. The normalized spacial score (nSPS) is 15.8. The van der Waals surface area contributed by atoms with Gasteiger partial charge in [-0.3, -0.25) is 14.3 Å². The third-order valence-electron chi connectivity index (χ3n) is 5.57. The monoisotopic (exact) mass is 400 g/mol. The van der Waals surface area contributed by atoms with Crippen LogP contribution in [0.5, 0.6) is 5.75 Å². The van der Waals surface area contributed by atoms with Crippen molar-refractivity contribution < 1.29 is 9.90 Å². The molecule has 3 aromatic rings. The molecule has 2 aromatic heterocycles. The van der Waals surface area contributed by atoms with Gasteiger partial charge in [-0.25, -0.2) is 0 Å². The fourth-order valence-electron chi connectivity index (χ4n) is 4.23. The highest BCUT2D eigenvalue weighted by molar-refractivity contribution is 6.35. The van der Waals surface area contributed by atoms with Crippen LogP contribution in [0.15, 0.2) is 41.5 Å². The van der Waals surface area contributed by atoms with E-state index in [-0.39, 0.29) is 11.2 Å². The Labute approximate surface area is 166 Å². The van der Waals surface area contributed by atoms with Crippen LogP contribution >= 0.6 is 11.6 Å². The molecule has 1 amide bonds. The Balaban J connectivity index is 1.82. The molecule has 8 heteroatoms. The fraction of sp³-hybridized carbons (Fsp3) is 0.350. The van der Waals surface area contributed by atoms with Crippen molar-refractivity contribution in [2.45, 2.75) is 37.8 Å². The third-order valence-corrected chi connectivity index (χ3v) is 5.90. The second kappa shape index (κ2) is 6.98. The molecule has 7 nitrogen and oxygen atoms in total. The van der Waals surface area contributed by atoms with Crippen molar-refractivity contribution in [3.05, 3.63) is 57.6 Å². The van der Waals surface area contributed by atoms with Crippen molar-refractivity contribution in [2.75, 3.05) is 7.05 Å². The van der Waals surface area contributed by atoms with Gasteiger partial charge in [-0.15, -0.1) is 0 Å². The molecule has 2 heterocycles. The lowest BCUT2D eigenvalue weighted by molar-refractivity contribution is 0.0952. The van der Waals surface area contributed by atoms with Gasteiger partial charge in [0.2, 0.25) is 0 Å². The van der Waals surface area contributed by atoms with Gasteiger partial charge < -0.3 is 15.0 Å². The van der Waals surface area contributed by atoms with Crippen LogP contribution in [-0.2, 0) is 12.1 Å². The number of carbonyl (C=O) groups is 1. The Bertz CT molecular complexity index is 1110.